The minimum atomic E-state index is -0.483. The number of ether oxygens (including phenoxy) is 3. The number of halogens is 1. The SMILES string of the molecule is COc1cc(N2C[C@H](CCC(=O)c3ccc(Cl)s3)OC2=O)ccc1-n1cccc(CCN2CCOCC2)c1=O. The van der Waals surface area contributed by atoms with Crippen LogP contribution in [0.5, 0.6) is 5.75 Å². The fourth-order valence-corrected chi connectivity index (χ4v) is 5.83. The fourth-order valence-electron chi connectivity index (χ4n) is 4.82. The Bertz CT molecular complexity index is 1400. The Balaban J connectivity index is 1.27. The van der Waals surface area contributed by atoms with E-state index in [9.17, 15) is 14.4 Å². The topological polar surface area (TPSA) is 90.3 Å². The quantitative estimate of drug-likeness (QED) is 0.333. The van der Waals surface area contributed by atoms with Crippen molar-refractivity contribution in [2.75, 3.05) is 51.4 Å². The number of aromatic nitrogens is 1. The van der Waals surface area contributed by atoms with Gasteiger partial charge in [0.25, 0.3) is 5.56 Å². The minimum absolute atomic E-state index is 0.0231. The number of rotatable bonds is 10. The third kappa shape index (κ3) is 6.36. The highest BCUT2D eigenvalue weighted by Crippen LogP contribution is 2.31. The van der Waals surface area contributed by atoms with E-state index in [2.05, 4.69) is 4.90 Å². The maximum Gasteiger partial charge on any atom is 0.414 e. The molecule has 11 heteroatoms. The zero-order valence-electron chi connectivity index (χ0n) is 21.6. The number of pyridine rings is 1. The van der Waals surface area contributed by atoms with Crippen LogP contribution in [0, 0.1) is 0 Å². The van der Waals surface area contributed by atoms with Gasteiger partial charge >= 0.3 is 6.09 Å². The van der Waals surface area contributed by atoms with Crippen molar-refractivity contribution in [3.05, 3.63) is 73.8 Å². The average molecular weight is 572 g/mol. The van der Waals surface area contributed by atoms with Crippen molar-refractivity contribution in [2.24, 2.45) is 0 Å². The van der Waals surface area contributed by atoms with Gasteiger partial charge in [0.15, 0.2) is 5.78 Å². The van der Waals surface area contributed by atoms with Crippen LogP contribution in [0.15, 0.2) is 53.5 Å². The Hall–Kier alpha value is -3.18. The largest absolute Gasteiger partial charge is 0.494 e. The molecule has 1 aromatic carbocycles. The molecule has 0 bridgehead atoms. The molecule has 2 saturated heterocycles. The van der Waals surface area contributed by atoms with Crippen molar-refractivity contribution in [2.45, 2.75) is 25.4 Å². The van der Waals surface area contributed by atoms with Crippen LogP contribution >= 0.6 is 22.9 Å². The molecular weight excluding hydrogens is 542 g/mol. The van der Waals surface area contributed by atoms with Gasteiger partial charge in [0.05, 0.1) is 47.5 Å². The molecule has 2 aromatic heterocycles. The molecule has 0 aliphatic carbocycles. The molecule has 4 heterocycles. The van der Waals surface area contributed by atoms with Gasteiger partial charge in [-0.05, 0) is 43.2 Å². The van der Waals surface area contributed by atoms with Gasteiger partial charge in [-0.25, -0.2) is 4.79 Å². The number of Topliss-reactive ketones (excluding diaryl/α,β-unsaturated/α-hetero) is 1. The van der Waals surface area contributed by atoms with E-state index < -0.39 is 12.2 Å². The molecular formula is C28H30ClN3O6S. The summed E-state index contributed by atoms with van der Waals surface area (Å²) in [5, 5.41) is 0. The first-order chi connectivity index (χ1) is 18.9. The summed E-state index contributed by atoms with van der Waals surface area (Å²) < 4.78 is 18.7. The van der Waals surface area contributed by atoms with Gasteiger partial charge in [0, 0.05) is 43.9 Å². The number of methoxy groups -OCH3 is 1. The highest BCUT2D eigenvalue weighted by Gasteiger charge is 2.33. The number of carbonyl (C=O) groups excluding carboxylic acids is 2. The second kappa shape index (κ2) is 12.3. The minimum Gasteiger partial charge on any atom is -0.494 e. The summed E-state index contributed by atoms with van der Waals surface area (Å²) in [5.41, 5.74) is 1.80. The molecule has 1 atom stereocenters. The van der Waals surface area contributed by atoms with Crippen molar-refractivity contribution in [3.8, 4) is 11.4 Å². The summed E-state index contributed by atoms with van der Waals surface area (Å²) in [7, 11) is 1.53. The average Bonchev–Trinajstić information content (AvgIpc) is 3.56. The van der Waals surface area contributed by atoms with Crippen LogP contribution in [0.4, 0.5) is 10.5 Å². The summed E-state index contributed by atoms with van der Waals surface area (Å²) in [6.45, 7) is 4.29. The van der Waals surface area contributed by atoms with Crippen molar-refractivity contribution in [1.82, 2.24) is 9.47 Å². The Labute approximate surface area is 235 Å². The first-order valence-electron chi connectivity index (χ1n) is 12.9. The van der Waals surface area contributed by atoms with Crippen LogP contribution in [0.3, 0.4) is 0 Å². The lowest BCUT2D eigenvalue weighted by Gasteiger charge is -2.26. The Morgan fingerprint density at radius 2 is 1.97 bits per heavy atom. The van der Waals surface area contributed by atoms with E-state index in [1.54, 1.807) is 41.1 Å². The normalized spacial score (nSPS) is 17.8. The van der Waals surface area contributed by atoms with Gasteiger partial charge in [-0.2, -0.15) is 0 Å². The number of benzene rings is 1. The van der Waals surface area contributed by atoms with Crippen molar-refractivity contribution in [3.63, 3.8) is 0 Å². The summed E-state index contributed by atoms with van der Waals surface area (Å²) in [6, 6.07) is 12.4. The number of morpholine rings is 1. The van der Waals surface area contributed by atoms with Gasteiger partial charge in [-0.3, -0.25) is 24.0 Å². The number of carbonyl (C=O) groups is 2. The Kier molecular flexibility index (Phi) is 8.66. The predicted molar refractivity (Wildman–Crippen MR) is 150 cm³/mol. The molecule has 5 rings (SSSR count). The Morgan fingerprint density at radius 3 is 2.72 bits per heavy atom. The van der Waals surface area contributed by atoms with Crippen LogP contribution in [0.2, 0.25) is 4.34 Å². The van der Waals surface area contributed by atoms with Crippen LogP contribution in [-0.2, 0) is 15.9 Å². The number of hydrogen-bond donors (Lipinski definition) is 0. The van der Waals surface area contributed by atoms with Crippen LogP contribution in [-0.4, -0.2) is 74.0 Å². The third-order valence-electron chi connectivity index (χ3n) is 6.98. The molecule has 3 aromatic rings. The lowest BCUT2D eigenvalue weighted by Crippen LogP contribution is -2.38. The number of cyclic esters (lactones) is 1. The first kappa shape index (κ1) is 27.4. The maximum atomic E-state index is 13.3. The van der Waals surface area contributed by atoms with E-state index in [4.69, 9.17) is 25.8 Å². The molecule has 1 amide bonds. The number of ketones is 1. The van der Waals surface area contributed by atoms with Crippen LogP contribution in [0.1, 0.15) is 28.1 Å². The molecule has 0 radical (unpaired) electrons. The number of amides is 1. The van der Waals surface area contributed by atoms with Gasteiger partial charge in [0.2, 0.25) is 0 Å². The monoisotopic (exact) mass is 571 g/mol. The van der Waals surface area contributed by atoms with Gasteiger partial charge < -0.3 is 14.2 Å². The van der Waals surface area contributed by atoms with E-state index in [-0.39, 0.29) is 17.8 Å². The molecule has 2 fully saturated rings. The lowest BCUT2D eigenvalue weighted by atomic mass is 10.1. The molecule has 0 N–H and O–H groups in total. The second-order valence-electron chi connectivity index (χ2n) is 9.45. The van der Waals surface area contributed by atoms with Crippen molar-refractivity contribution >= 4 is 40.5 Å². The molecule has 2 aliphatic rings. The van der Waals surface area contributed by atoms with Gasteiger partial charge in [-0.1, -0.05) is 17.7 Å². The number of anilines is 1. The molecule has 0 unspecified atom stereocenters. The van der Waals surface area contributed by atoms with Crippen LogP contribution < -0.4 is 15.2 Å². The Morgan fingerprint density at radius 1 is 1.15 bits per heavy atom. The number of hydrogen-bond acceptors (Lipinski definition) is 8. The smallest absolute Gasteiger partial charge is 0.414 e. The lowest BCUT2D eigenvalue weighted by molar-refractivity contribution is 0.0384. The second-order valence-corrected chi connectivity index (χ2v) is 11.2. The summed E-state index contributed by atoms with van der Waals surface area (Å²) in [6.07, 6.45) is 2.14. The molecule has 0 saturated carbocycles. The van der Waals surface area contributed by atoms with Crippen LogP contribution in [0.25, 0.3) is 5.69 Å². The van der Waals surface area contributed by atoms with E-state index in [0.717, 1.165) is 38.4 Å². The maximum absolute atomic E-state index is 13.3. The van der Waals surface area contributed by atoms with E-state index in [1.165, 1.54) is 23.3 Å². The highest BCUT2D eigenvalue weighted by atomic mass is 35.5. The summed E-state index contributed by atoms with van der Waals surface area (Å²) in [4.78, 5) is 42.8. The third-order valence-corrected chi connectivity index (χ3v) is 8.25. The molecule has 39 heavy (non-hydrogen) atoms. The summed E-state index contributed by atoms with van der Waals surface area (Å²) in [5.74, 6) is 0.436. The van der Waals surface area contributed by atoms with Gasteiger partial charge in [-0.15, -0.1) is 11.3 Å². The molecule has 2 aliphatic heterocycles. The van der Waals surface area contributed by atoms with E-state index >= 15 is 0 Å². The zero-order valence-corrected chi connectivity index (χ0v) is 23.2. The molecule has 9 nitrogen and oxygen atoms in total. The van der Waals surface area contributed by atoms with Crippen molar-refractivity contribution in [1.29, 1.82) is 0 Å². The highest BCUT2D eigenvalue weighted by molar-refractivity contribution is 7.18. The van der Waals surface area contributed by atoms with Crippen molar-refractivity contribution < 1.29 is 23.8 Å². The van der Waals surface area contributed by atoms with E-state index in [1.807, 2.05) is 12.1 Å². The predicted octanol–water partition coefficient (Wildman–Crippen LogP) is 4.42. The molecule has 0 spiro atoms. The fraction of sp³-hybridized carbons (Fsp3) is 0.393. The van der Waals surface area contributed by atoms with E-state index in [0.29, 0.717) is 45.7 Å². The number of thiophene rings is 1. The standard InChI is InChI=1S/C28H30ClN3O6S/c1-36-24-17-20(32-18-21(38-28(32)35)5-7-23(33)25-8-9-26(29)39-25)4-6-22(24)31-11-2-3-19(27(31)34)10-12-30-13-15-37-16-14-30/h2-4,6,8-9,11,17,21H,5,7,10,12-16,18H2,1H3/t21-/m0/s1. The zero-order chi connectivity index (χ0) is 27.4. The van der Waals surface area contributed by atoms with Gasteiger partial charge in [0.1, 0.15) is 11.9 Å². The first-order valence-corrected chi connectivity index (χ1v) is 14.1. The summed E-state index contributed by atoms with van der Waals surface area (Å²) >= 11 is 7.17. The number of nitrogens with zero attached hydrogens (tertiary/aromatic N) is 3. The molecule has 206 valence electrons.